The molecule has 1 aliphatic rings. The lowest BCUT2D eigenvalue weighted by Gasteiger charge is -2.41. The van der Waals surface area contributed by atoms with Gasteiger partial charge in [-0.25, -0.2) is 0 Å². The molecule has 0 aliphatic carbocycles. The van der Waals surface area contributed by atoms with Gasteiger partial charge in [-0.1, -0.05) is 357 Å². The fourth-order valence-electron chi connectivity index (χ4n) is 12.7. The van der Waals surface area contributed by atoms with Gasteiger partial charge < -0.3 is 45.1 Å². The maximum Gasteiger partial charge on any atom is 0.306 e. The van der Waals surface area contributed by atoms with Crippen LogP contribution in [0, 0.1) is 0 Å². The highest BCUT2D eigenvalue weighted by Crippen LogP contribution is 2.27. The molecule has 0 saturated carbocycles. The van der Waals surface area contributed by atoms with Crippen LogP contribution in [0.4, 0.5) is 0 Å². The van der Waals surface area contributed by atoms with Crippen LogP contribution in [-0.2, 0) is 23.8 Å². The van der Waals surface area contributed by atoms with Gasteiger partial charge in [-0.2, -0.15) is 0 Å². The van der Waals surface area contributed by atoms with Gasteiger partial charge in [-0.3, -0.25) is 9.59 Å². The van der Waals surface area contributed by atoms with Crippen molar-refractivity contribution in [3.05, 3.63) is 72.9 Å². The number of carbonyl (C=O) groups is 2. The quantitative estimate of drug-likeness (QED) is 0.0195. The molecule has 6 N–H and O–H groups in total. The molecule has 0 aromatic heterocycles. The van der Waals surface area contributed by atoms with Crippen molar-refractivity contribution < 1.29 is 49.3 Å². The lowest BCUT2D eigenvalue weighted by molar-refractivity contribution is -0.305. The van der Waals surface area contributed by atoms with Crippen molar-refractivity contribution in [2.45, 2.75) is 436 Å². The Bertz CT molecular complexity index is 1830. The van der Waals surface area contributed by atoms with E-state index in [-0.39, 0.29) is 13.0 Å². The monoisotopic (exact) mass is 1340 g/mol. The standard InChI is InChI=1S/C84H153NO10/c1-4-7-10-13-16-19-22-25-27-29-31-33-35-37-39-41-43-45-47-49-51-54-57-60-63-66-69-72-79(89)95-82-81(91)80(90)78(73-86)94-84(82)93-74-75(76(87)70-67-64-61-58-55-52-24-21-18-15-12-9-6-3)85-83(92)77(88)71-68-65-62-59-56-53-50-48-46-44-42-40-38-36-34-32-30-28-26-23-20-17-14-11-8-5-2/h16,19,25-28,31,33,37,39,67,70,75-78,80-82,84,86-88,90-91H,4-15,17-18,20-24,29-30,32,34-36,38,40-66,68-69,71-74H2,1-3H3,(H,85,92)/b19-16-,27-25-,28-26+,33-31-,39-37-,70-67+. The number of amides is 1. The molecule has 1 rings (SSSR count). The molecule has 1 fully saturated rings. The topological polar surface area (TPSA) is 175 Å². The second kappa shape index (κ2) is 70.9. The molecule has 1 saturated heterocycles. The summed E-state index contributed by atoms with van der Waals surface area (Å²) in [6, 6.07) is -1.03. The summed E-state index contributed by atoms with van der Waals surface area (Å²) in [5, 5.41) is 57.5. The summed E-state index contributed by atoms with van der Waals surface area (Å²) in [6.07, 6.45) is 83.8. The molecular formula is C84H153NO10. The zero-order valence-corrected chi connectivity index (χ0v) is 62.0. The van der Waals surface area contributed by atoms with Gasteiger partial charge in [0.15, 0.2) is 12.4 Å². The van der Waals surface area contributed by atoms with Crippen LogP contribution >= 0.6 is 0 Å². The van der Waals surface area contributed by atoms with Crippen LogP contribution in [0.15, 0.2) is 72.9 Å². The Hall–Kier alpha value is -2.90. The Morgan fingerprint density at radius 1 is 0.411 bits per heavy atom. The first-order valence-electron chi connectivity index (χ1n) is 40.7. The number of hydrogen-bond acceptors (Lipinski definition) is 10. The van der Waals surface area contributed by atoms with E-state index in [1.54, 1.807) is 6.08 Å². The zero-order valence-electron chi connectivity index (χ0n) is 62.0. The number of esters is 1. The Labute approximate surface area is 585 Å². The molecule has 554 valence electrons. The summed E-state index contributed by atoms with van der Waals surface area (Å²) in [5.41, 5.74) is 0. The number of rotatable bonds is 71. The first kappa shape index (κ1) is 90.1. The summed E-state index contributed by atoms with van der Waals surface area (Å²) in [6.45, 7) is 5.82. The first-order chi connectivity index (χ1) is 46.7. The predicted molar refractivity (Wildman–Crippen MR) is 403 cm³/mol. The van der Waals surface area contributed by atoms with Gasteiger partial charge in [-0.05, 0) is 96.3 Å². The highest BCUT2D eigenvalue weighted by Gasteiger charge is 2.47. The van der Waals surface area contributed by atoms with E-state index in [9.17, 15) is 35.1 Å². The lowest BCUT2D eigenvalue weighted by Crippen LogP contribution is -2.61. The molecule has 0 spiro atoms. The highest BCUT2D eigenvalue weighted by atomic mass is 16.7. The van der Waals surface area contributed by atoms with Crippen molar-refractivity contribution in [3.63, 3.8) is 0 Å². The molecule has 8 unspecified atom stereocenters. The van der Waals surface area contributed by atoms with E-state index in [2.05, 4.69) is 86.8 Å². The second-order valence-electron chi connectivity index (χ2n) is 28.1. The zero-order chi connectivity index (χ0) is 68.8. The van der Waals surface area contributed by atoms with E-state index >= 15 is 0 Å². The minimum Gasteiger partial charge on any atom is -0.454 e. The molecule has 8 atom stereocenters. The van der Waals surface area contributed by atoms with Crippen molar-refractivity contribution in [3.8, 4) is 0 Å². The molecule has 1 heterocycles. The first-order valence-corrected chi connectivity index (χ1v) is 40.7. The van der Waals surface area contributed by atoms with Crippen molar-refractivity contribution >= 4 is 11.9 Å². The van der Waals surface area contributed by atoms with Crippen LogP contribution in [0.1, 0.15) is 387 Å². The molecule has 1 aliphatic heterocycles. The Balaban J connectivity index is 2.50. The van der Waals surface area contributed by atoms with Crippen LogP contribution < -0.4 is 5.32 Å². The van der Waals surface area contributed by atoms with Crippen LogP contribution in [-0.4, -0.2) is 99.6 Å². The average molecular weight is 1340 g/mol. The Kier molecular flexibility index (Phi) is 67.3. The molecular weight excluding hydrogens is 1180 g/mol. The Morgan fingerprint density at radius 3 is 1.12 bits per heavy atom. The second-order valence-corrected chi connectivity index (χ2v) is 28.1. The molecule has 0 bridgehead atoms. The van der Waals surface area contributed by atoms with Gasteiger partial charge in [-0.15, -0.1) is 0 Å². The number of allylic oxidation sites excluding steroid dienone is 11. The lowest BCUT2D eigenvalue weighted by atomic mass is 9.99. The number of carbonyl (C=O) groups excluding carboxylic acids is 2. The smallest absolute Gasteiger partial charge is 0.306 e. The number of unbranched alkanes of at least 4 members (excludes halogenated alkanes) is 47. The van der Waals surface area contributed by atoms with Crippen molar-refractivity contribution in [2.75, 3.05) is 13.2 Å². The van der Waals surface area contributed by atoms with Crippen LogP contribution in [0.3, 0.4) is 0 Å². The highest BCUT2D eigenvalue weighted by molar-refractivity contribution is 5.80. The number of aliphatic hydroxyl groups excluding tert-OH is 5. The summed E-state index contributed by atoms with van der Waals surface area (Å²) in [4.78, 5) is 26.8. The maximum absolute atomic E-state index is 13.6. The maximum atomic E-state index is 13.6. The summed E-state index contributed by atoms with van der Waals surface area (Å²) < 4.78 is 17.8. The number of ether oxygens (including phenoxy) is 3. The molecule has 11 nitrogen and oxygen atoms in total. The van der Waals surface area contributed by atoms with Crippen molar-refractivity contribution in [1.82, 2.24) is 5.32 Å². The van der Waals surface area contributed by atoms with E-state index in [0.29, 0.717) is 19.3 Å². The minimum absolute atomic E-state index is 0.119. The van der Waals surface area contributed by atoms with Gasteiger partial charge in [0.1, 0.15) is 24.4 Å². The van der Waals surface area contributed by atoms with E-state index in [1.165, 1.54) is 257 Å². The van der Waals surface area contributed by atoms with Crippen LogP contribution in [0.5, 0.6) is 0 Å². The van der Waals surface area contributed by atoms with Gasteiger partial charge in [0, 0.05) is 6.42 Å². The predicted octanol–water partition coefficient (Wildman–Crippen LogP) is 22.2. The summed E-state index contributed by atoms with van der Waals surface area (Å²) in [7, 11) is 0. The van der Waals surface area contributed by atoms with Gasteiger partial charge in [0.05, 0.1) is 25.4 Å². The van der Waals surface area contributed by atoms with Crippen molar-refractivity contribution in [2.24, 2.45) is 0 Å². The molecule has 0 aromatic carbocycles. The number of hydrogen-bond donors (Lipinski definition) is 6. The Morgan fingerprint density at radius 2 is 0.726 bits per heavy atom. The minimum atomic E-state index is -1.62. The van der Waals surface area contributed by atoms with Gasteiger partial charge in [0.2, 0.25) is 5.91 Å². The van der Waals surface area contributed by atoms with E-state index < -0.39 is 67.4 Å². The fourth-order valence-corrected chi connectivity index (χ4v) is 12.7. The average Bonchev–Trinajstić information content (AvgIpc) is 0.823. The largest absolute Gasteiger partial charge is 0.454 e. The third-order valence-electron chi connectivity index (χ3n) is 19.1. The number of nitrogens with one attached hydrogen (secondary N) is 1. The SMILES string of the molecule is CCCCC/C=C\C/C=C\C/C=C\C/C=C\CCCCCCCCCCCCCC(=O)OC1C(OCC(NC(=O)C(O)CCCCCCCCCCCCCCCCCC/C=C/CCCCCCCC)C(O)/C=C/CCCCCCCCCCCCC)OC(CO)C(O)C1O. The van der Waals surface area contributed by atoms with Crippen LogP contribution in [0.25, 0.3) is 0 Å². The molecule has 0 aromatic rings. The van der Waals surface area contributed by atoms with E-state index in [1.807, 2.05) is 6.08 Å². The number of aliphatic hydroxyl groups is 5. The van der Waals surface area contributed by atoms with E-state index in [4.69, 9.17) is 14.2 Å². The van der Waals surface area contributed by atoms with Gasteiger partial charge in [0.25, 0.3) is 0 Å². The molecule has 0 radical (unpaired) electrons. The molecule has 1 amide bonds. The third kappa shape index (κ3) is 57.6. The molecule has 95 heavy (non-hydrogen) atoms. The molecule has 11 heteroatoms. The third-order valence-corrected chi connectivity index (χ3v) is 19.1. The van der Waals surface area contributed by atoms with Crippen LogP contribution in [0.2, 0.25) is 0 Å². The normalized spacial score (nSPS) is 18.1. The van der Waals surface area contributed by atoms with E-state index in [0.717, 1.165) is 83.5 Å². The summed E-state index contributed by atoms with van der Waals surface area (Å²) >= 11 is 0. The van der Waals surface area contributed by atoms with Crippen molar-refractivity contribution in [1.29, 1.82) is 0 Å². The fraction of sp³-hybridized carbons (Fsp3) is 0.833. The van der Waals surface area contributed by atoms with Gasteiger partial charge >= 0.3 is 5.97 Å². The summed E-state index contributed by atoms with van der Waals surface area (Å²) in [5.74, 6) is -1.18.